The van der Waals surface area contributed by atoms with Crippen LogP contribution in [0.5, 0.6) is 0 Å². The van der Waals surface area contributed by atoms with Crippen LogP contribution in [0.3, 0.4) is 0 Å². The molecule has 0 unspecified atom stereocenters. The van der Waals surface area contributed by atoms with E-state index in [0.29, 0.717) is 5.02 Å². The molecular formula is C21H16ClIN2O3. The Kier molecular flexibility index (Phi) is 6.31. The fourth-order valence-corrected chi connectivity index (χ4v) is 3.28. The zero-order valence-electron chi connectivity index (χ0n) is 15.1. The van der Waals surface area contributed by atoms with Crippen LogP contribution in [0.1, 0.15) is 26.4 Å². The van der Waals surface area contributed by atoms with Gasteiger partial charge >= 0.3 is 5.97 Å². The topological polar surface area (TPSA) is 59.5 Å². The zero-order chi connectivity index (χ0) is 20.3. The second kappa shape index (κ2) is 8.70. The highest BCUT2D eigenvalue weighted by Gasteiger charge is 2.20. The number of hydrogen-bond donors (Lipinski definition) is 0. The predicted octanol–water partition coefficient (Wildman–Crippen LogP) is 5.13. The van der Waals surface area contributed by atoms with Gasteiger partial charge in [0.05, 0.1) is 24.6 Å². The maximum Gasteiger partial charge on any atom is 0.338 e. The van der Waals surface area contributed by atoms with Crippen molar-refractivity contribution in [1.29, 1.82) is 0 Å². The quantitative estimate of drug-likeness (QED) is 0.273. The van der Waals surface area contributed by atoms with E-state index in [4.69, 9.17) is 16.3 Å². The highest BCUT2D eigenvalue weighted by molar-refractivity contribution is 14.1. The molecule has 3 aromatic rings. The van der Waals surface area contributed by atoms with Gasteiger partial charge in [0.25, 0.3) is 0 Å². The minimum absolute atomic E-state index is 0.226. The summed E-state index contributed by atoms with van der Waals surface area (Å²) in [6.07, 6.45) is 1.62. The number of rotatable bonds is 5. The SMILES string of the molecule is COC(=O)c1cc(I)ccc1C(=O)c1ccc(N(C)c2ccc(Cl)cc2)cn1. The van der Waals surface area contributed by atoms with Crippen molar-refractivity contribution >= 4 is 57.3 Å². The van der Waals surface area contributed by atoms with Crippen molar-refractivity contribution in [2.45, 2.75) is 0 Å². The van der Waals surface area contributed by atoms with Gasteiger partial charge in [0.1, 0.15) is 5.69 Å². The third kappa shape index (κ3) is 4.34. The van der Waals surface area contributed by atoms with Gasteiger partial charge < -0.3 is 9.64 Å². The lowest BCUT2D eigenvalue weighted by Gasteiger charge is -2.19. The molecule has 2 aromatic carbocycles. The molecule has 0 saturated heterocycles. The maximum absolute atomic E-state index is 12.9. The number of pyridine rings is 1. The second-order valence-electron chi connectivity index (χ2n) is 5.95. The van der Waals surface area contributed by atoms with E-state index in [1.807, 2.05) is 36.2 Å². The van der Waals surface area contributed by atoms with E-state index in [-0.39, 0.29) is 22.6 Å². The summed E-state index contributed by atoms with van der Waals surface area (Å²) in [5, 5.41) is 0.662. The van der Waals surface area contributed by atoms with Crippen LogP contribution in [-0.4, -0.2) is 30.9 Å². The number of benzene rings is 2. The monoisotopic (exact) mass is 506 g/mol. The van der Waals surface area contributed by atoms with E-state index in [1.54, 1.807) is 36.5 Å². The minimum Gasteiger partial charge on any atom is -0.465 e. The summed E-state index contributed by atoms with van der Waals surface area (Å²) in [6.45, 7) is 0. The van der Waals surface area contributed by atoms with Crippen molar-refractivity contribution < 1.29 is 14.3 Å². The van der Waals surface area contributed by atoms with Crippen LogP contribution in [0.25, 0.3) is 0 Å². The van der Waals surface area contributed by atoms with Gasteiger partial charge in [-0.3, -0.25) is 9.78 Å². The average molecular weight is 507 g/mol. The highest BCUT2D eigenvalue weighted by atomic mass is 127. The van der Waals surface area contributed by atoms with E-state index >= 15 is 0 Å². The van der Waals surface area contributed by atoms with Crippen molar-refractivity contribution in [1.82, 2.24) is 4.98 Å². The Labute approximate surface area is 181 Å². The number of carbonyl (C=O) groups is 2. The lowest BCUT2D eigenvalue weighted by Crippen LogP contribution is -2.14. The molecule has 0 atom stereocenters. The number of ketones is 1. The Hall–Kier alpha value is -2.45. The van der Waals surface area contributed by atoms with Gasteiger partial charge in [-0.05, 0) is 77.2 Å². The van der Waals surface area contributed by atoms with Crippen molar-refractivity contribution in [3.05, 3.63) is 86.2 Å². The Morgan fingerprint density at radius 3 is 2.29 bits per heavy atom. The molecule has 28 heavy (non-hydrogen) atoms. The number of halogens is 2. The summed E-state index contributed by atoms with van der Waals surface area (Å²) < 4.78 is 5.63. The Bertz CT molecular complexity index is 1020. The van der Waals surface area contributed by atoms with Crippen LogP contribution in [-0.2, 0) is 4.74 Å². The number of carbonyl (C=O) groups excluding carboxylic acids is 2. The molecule has 0 fully saturated rings. The molecule has 142 valence electrons. The molecule has 3 rings (SSSR count). The number of esters is 1. The summed E-state index contributed by atoms with van der Waals surface area (Å²) >= 11 is 8.01. The molecule has 0 bridgehead atoms. The van der Waals surface area contributed by atoms with Gasteiger partial charge in [0.2, 0.25) is 5.78 Å². The molecule has 5 nitrogen and oxygen atoms in total. The van der Waals surface area contributed by atoms with Crippen molar-refractivity contribution in [2.24, 2.45) is 0 Å². The molecule has 0 aliphatic heterocycles. The van der Waals surface area contributed by atoms with Gasteiger partial charge in [0, 0.05) is 26.9 Å². The van der Waals surface area contributed by atoms with Gasteiger partial charge in [-0.1, -0.05) is 11.6 Å². The van der Waals surface area contributed by atoms with E-state index in [1.165, 1.54) is 7.11 Å². The van der Waals surface area contributed by atoms with E-state index < -0.39 is 5.97 Å². The Balaban J connectivity index is 1.89. The lowest BCUT2D eigenvalue weighted by atomic mass is 10.0. The molecule has 0 spiro atoms. The number of nitrogens with zero attached hydrogens (tertiary/aromatic N) is 2. The van der Waals surface area contributed by atoms with Crippen LogP contribution >= 0.6 is 34.2 Å². The largest absolute Gasteiger partial charge is 0.465 e. The number of hydrogen-bond acceptors (Lipinski definition) is 5. The Morgan fingerprint density at radius 2 is 1.68 bits per heavy atom. The molecule has 1 heterocycles. The molecule has 0 aliphatic carbocycles. The third-order valence-corrected chi connectivity index (χ3v) is 5.14. The molecular weight excluding hydrogens is 491 g/mol. The predicted molar refractivity (Wildman–Crippen MR) is 118 cm³/mol. The normalized spacial score (nSPS) is 10.4. The standard InChI is InChI=1S/C21H16ClIN2O3/c1-25(15-6-3-13(22)4-7-15)16-8-10-19(24-12-16)20(26)17-9-5-14(23)11-18(17)21(27)28-2/h3-12H,1-2H3. The van der Waals surface area contributed by atoms with Crippen molar-refractivity contribution in [3.8, 4) is 0 Å². The summed E-state index contributed by atoms with van der Waals surface area (Å²) in [5.74, 6) is -0.890. The first kappa shape index (κ1) is 20.3. The molecule has 0 amide bonds. The summed E-state index contributed by atoms with van der Waals surface area (Å²) in [5.41, 5.74) is 2.49. The summed E-state index contributed by atoms with van der Waals surface area (Å²) in [6, 6.07) is 15.9. The number of ether oxygens (including phenoxy) is 1. The summed E-state index contributed by atoms with van der Waals surface area (Å²) in [4.78, 5) is 31.1. The first-order valence-corrected chi connectivity index (χ1v) is 9.74. The first-order chi connectivity index (χ1) is 13.4. The van der Waals surface area contributed by atoms with Crippen LogP contribution in [0.2, 0.25) is 5.02 Å². The van der Waals surface area contributed by atoms with Crippen molar-refractivity contribution in [2.75, 3.05) is 19.1 Å². The molecule has 0 saturated carbocycles. The third-order valence-electron chi connectivity index (χ3n) is 4.21. The smallest absolute Gasteiger partial charge is 0.338 e. The number of aromatic nitrogens is 1. The first-order valence-electron chi connectivity index (χ1n) is 8.28. The fraction of sp³-hybridized carbons (Fsp3) is 0.0952. The minimum atomic E-state index is -0.555. The van der Waals surface area contributed by atoms with Crippen LogP contribution in [0, 0.1) is 3.57 Å². The maximum atomic E-state index is 12.9. The second-order valence-corrected chi connectivity index (χ2v) is 7.63. The van der Waals surface area contributed by atoms with E-state index in [2.05, 4.69) is 27.6 Å². The lowest BCUT2D eigenvalue weighted by molar-refractivity contribution is 0.0597. The van der Waals surface area contributed by atoms with Crippen LogP contribution in [0.4, 0.5) is 11.4 Å². The molecule has 0 aliphatic rings. The number of anilines is 2. The highest BCUT2D eigenvalue weighted by Crippen LogP contribution is 2.25. The average Bonchev–Trinajstić information content (AvgIpc) is 2.72. The molecule has 0 N–H and O–H groups in total. The fourth-order valence-electron chi connectivity index (χ4n) is 2.66. The molecule has 1 aromatic heterocycles. The summed E-state index contributed by atoms with van der Waals surface area (Å²) in [7, 11) is 3.19. The van der Waals surface area contributed by atoms with Gasteiger partial charge in [-0.2, -0.15) is 0 Å². The van der Waals surface area contributed by atoms with Crippen LogP contribution < -0.4 is 4.90 Å². The van der Waals surface area contributed by atoms with Crippen LogP contribution in [0.15, 0.2) is 60.8 Å². The van der Waals surface area contributed by atoms with E-state index in [0.717, 1.165) is 14.9 Å². The van der Waals surface area contributed by atoms with Gasteiger partial charge in [-0.15, -0.1) is 0 Å². The Morgan fingerprint density at radius 1 is 1.00 bits per heavy atom. The van der Waals surface area contributed by atoms with Crippen molar-refractivity contribution in [3.63, 3.8) is 0 Å². The number of methoxy groups -OCH3 is 1. The van der Waals surface area contributed by atoms with Gasteiger partial charge in [-0.25, -0.2) is 4.79 Å². The zero-order valence-corrected chi connectivity index (χ0v) is 18.1. The van der Waals surface area contributed by atoms with E-state index in [9.17, 15) is 9.59 Å². The molecule has 0 radical (unpaired) electrons. The van der Waals surface area contributed by atoms with Gasteiger partial charge in [0.15, 0.2) is 0 Å². The molecule has 7 heteroatoms.